The number of piperazine rings is 1. The molecule has 0 spiro atoms. The highest BCUT2D eigenvalue weighted by molar-refractivity contribution is 5.94. The molecule has 1 radical (unpaired) electrons. The number of anilines is 1. The summed E-state index contributed by atoms with van der Waals surface area (Å²) in [6.07, 6.45) is 1.17. The van der Waals surface area contributed by atoms with Gasteiger partial charge in [0.25, 0.3) is 11.8 Å². The molecule has 3 saturated heterocycles. The summed E-state index contributed by atoms with van der Waals surface area (Å²) >= 11 is 0. The summed E-state index contributed by atoms with van der Waals surface area (Å²) < 4.78 is 0. The predicted molar refractivity (Wildman–Crippen MR) is 139 cm³/mol. The maximum atomic E-state index is 13.0. The van der Waals surface area contributed by atoms with Crippen LogP contribution in [0.2, 0.25) is 0 Å². The van der Waals surface area contributed by atoms with E-state index in [2.05, 4.69) is 66.1 Å². The molecule has 36 heavy (non-hydrogen) atoms. The van der Waals surface area contributed by atoms with Gasteiger partial charge in [-0.25, -0.2) is 4.98 Å². The fourth-order valence-corrected chi connectivity index (χ4v) is 6.51. The Morgan fingerprint density at radius 1 is 1.03 bits per heavy atom. The Labute approximate surface area is 213 Å². The van der Waals surface area contributed by atoms with E-state index < -0.39 is 0 Å². The molecule has 1 aromatic carbocycles. The summed E-state index contributed by atoms with van der Waals surface area (Å²) in [6.45, 7) is 10.7. The number of amides is 2. The molecule has 1 aromatic heterocycles. The van der Waals surface area contributed by atoms with Crippen molar-refractivity contribution in [2.75, 3.05) is 44.7 Å². The number of piperidine rings is 1. The van der Waals surface area contributed by atoms with E-state index in [1.807, 2.05) is 29.2 Å². The van der Waals surface area contributed by atoms with E-state index in [4.69, 9.17) is 0 Å². The Morgan fingerprint density at radius 2 is 1.75 bits per heavy atom. The molecule has 1 N–H and O–H groups in total. The second kappa shape index (κ2) is 8.58. The lowest BCUT2D eigenvalue weighted by Crippen LogP contribution is -2.45. The standard InChI is InChI=1S/C29H36N5O2/c1-29(2,3)19-10-8-18(9-11-19)28(36)33-16-23-22(24(23)17-33)13-30-27(35)25-6-5-7-26(31-25)34-15-20-12-21(34)14-32(20)4/h5,7-11,20-24H,12-17H2,1-4H3,(H,30,35). The molecule has 2 aromatic rings. The lowest BCUT2D eigenvalue weighted by atomic mass is 9.86. The number of carbonyl (C=O) groups is 2. The van der Waals surface area contributed by atoms with Crippen molar-refractivity contribution in [3.63, 3.8) is 0 Å². The molecule has 1 saturated carbocycles. The van der Waals surface area contributed by atoms with Crippen LogP contribution in [0.1, 0.15) is 53.6 Å². The highest BCUT2D eigenvalue weighted by Crippen LogP contribution is 2.51. The molecule has 6 rings (SSSR count). The molecular weight excluding hydrogens is 450 g/mol. The van der Waals surface area contributed by atoms with Crippen molar-refractivity contribution in [2.24, 2.45) is 17.8 Å². The van der Waals surface area contributed by atoms with Crippen molar-refractivity contribution in [1.29, 1.82) is 0 Å². The van der Waals surface area contributed by atoms with Gasteiger partial charge >= 0.3 is 0 Å². The highest BCUT2D eigenvalue weighted by Gasteiger charge is 2.56. The van der Waals surface area contributed by atoms with Gasteiger partial charge in [0.05, 0.1) is 0 Å². The zero-order valence-corrected chi connectivity index (χ0v) is 21.7. The molecule has 4 unspecified atom stereocenters. The SMILES string of the molecule is CN1CC2CC1CN2c1cc[c]c(C(=O)NCC2C3CN(C(=O)c4ccc(C(C)(C)C)cc4)CC23)n1. The summed E-state index contributed by atoms with van der Waals surface area (Å²) in [5.41, 5.74) is 2.43. The molecular formula is C29H36N5O2. The molecule has 4 atom stereocenters. The van der Waals surface area contributed by atoms with Gasteiger partial charge in [0.15, 0.2) is 0 Å². The van der Waals surface area contributed by atoms with E-state index >= 15 is 0 Å². The van der Waals surface area contributed by atoms with Crippen molar-refractivity contribution in [1.82, 2.24) is 20.1 Å². The summed E-state index contributed by atoms with van der Waals surface area (Å²) in [6, 6.07) is 15.9. The fourth-order valence-electron chi connectivity index (χ4n) is 6.51. The zero-order chi connectivity index (χ0) is 25.2. The number of hydrogen-bond donors (Lipinski definition) is 1. The lowest BCUT2D eigenvalue weighted by Gasteiger charge is -2.32. The Morgan fingerprint density at radius 3 is 2.36 bits per heavy atom. The Kier molecular flexibility index (Phi) is 5.59. The minimum atomic E-state index is -0.157. The van der Waals surface area contributed by atoms with Gasteiger partial charge < -0.3 is 15.1 Å². The molecule has 1 aliphatic carbocycles. The number of aromatic nitrogens is 1. The van der Waals surface area contributed by atoms with Crippen molar-refractivity contribution >= 4 is 17.6 Å². The van der Waals surface area contributed by atoms with Gasteiger partial charge in [-0.05, 0) is 66.5 Å². The van der Waals surface area contributed by atoms with Gasteiger partial charge in [0.2, 0.25) is 0 Å². The first-order chi connectivity index (χ1) is 17.2. The number of fused-ring (bicyclic) bond motifs is 3. The van der Waals surface area contributed by atoms with Crippen molar-refractivity contribution in [2.45, 2.75) is 44.7 Å². The smallest absolute Gasteiger partial charge is 0.270 e. The fraction of sp³-hybridized carbons (Fsp3) is 0.552. The van der Waals surface area contributed by atoms with Crippen molar-refractivity contribution in [3.05, 3.63) is 59.3 Å². The average molecular weight is 487 g/mol. The van der Waals surface area contributed by atoms with Gasteiger partial charge in [-0.15, -0.1) is 0 Å². The summed E-state index contributed by atoms with van der Waals surface area (Å²) in [7, 11) is 2.18. The monoisotopic (exact) mass is 486 g/mol. The molecule has 3 aliphatic heterocycles. The van der Waals surface area contributed by atoms with Crippen LogP contribution in [0.3, 0.4) is 0 Å². The topological polar surface area (TPSA) is 68.8 Å². The maximum Gasteiger partial charge on any atom is 0.270 e. The normalized spacial score (nSPS) is 28.9. The third kappa shape index (κ3) is 4.17. The van der Waals surface area contributed by atoms with Crippen LogP contribution in [0.5, 0.6) is 0 Å². The number of likely N-dealkylation sites (tertiary alicyclic amines) is 2. The Bertz CT molecular complexity index is 1160. The van der Waals surface area contributed by atoms with Crippen LogP contribution in [-0.4, -0.2) is 78.5 Å². The summed E-state index contributed by atoms with van der Waals surface area (Å²) in [5.74, 6) is 2.23. The first-order valence-corrected chi connectivity index (χ1v) is 13.2. The lowest BCUT2D eigenvalue weighted by molar-refractivity contribution is 0.0764. The summed E-state index contributed by atoms with van der Waals surface area (Å²) in [4.78, 5) is 37.2. The summed E-state index contributed by atoms with van der Waals surface area (Å²) in [5, 5.41) is 3.08. The van der Waals surface area contributed by atoms with Crippen molar-refractivity contribution < 1.29 is 9.59 Å². The predicted octanol–water partition coefficient (Wildman–Crippen LogP) is 2.82. The van der Waals surface area contributed by atoms with Crippen LogP contribution in [0, 0.1) is 23.8 Å². The van der Waals surface area contributed by atoms with Crippen LogP contribution in [0.15, 0.2) is 36.4 Å². The zero-order valence-electron chi connectivity index (χ0n) is 21.7. The van der Waals surface area contributed by atoms with E-state index in [9.17, 15) is 9.59 Å². The number of benzene rings is 1. The van der Waals surface area contributed by atoms with Gasteiger partial charge in [0, 0.05) is 56.4 Å². The third-order valence-electron chi connectivity index (χ3n) is 8.86. The third-order valence-corrected chi connectivity index (χ3v) is 8.86. The highest BCUT2D eigenvalue weighted by atomic mass is 16.2. The second-order valence-corrected chi connectivity index (χ2v) is 12.2. The quantitative estimate of drug-likeness (QED) is 0.704. The van der Waals surface area contributed by atoms with Crippen LogP contribution < -0.4 is 10.2 Å². The number of carbonyl (C=O) groups excluding carboxylic acids is 2. The maximum absolute atomic E-state index is 13.0. The molecule has 2 bridgehead atoms. The van der Waals surface area contributed by atoms with E-state index in [1.54, 1.807) is 0 Å². The van der Waals surface area contributed by atoms with Gasteiger partial charge in [-0.3, -0.25) is 14.5 Å². The molecule has 7 nitrogen and oxygen atoms in total. The molecule has 2 amide bonds. The van der Waals surface area contributed by atoms with Crippen LogP contribution in [0.25, 0.3) is 0 Å². The second-order valence-electron chi connectivity index (χ2n) is 12.2. The Hall–Kier alpha value is -2.93. The first kappa shape index (κ1) is 23.5. The number of nitrogens with zero attached hydrogens (tertiary/aromatic N) is 4. The average Bonchev–Trinajstić information content (AvgIpc) is 3.25. The van der Waals surface area contributed by atoms with E-state index in [0.717, 1.165) is 37.6 Å². The first-order valence-electron chi connectivity index (χ1n) is 13.2. The van der Waals surface area contributed by atoms with Crippen molar-refractivity contribution in [3.8, 4) is 0 Å². The van der Waals surface area contributed by atoms with E-state index in [-0.39, 0.29) is 17.2 Å². The van der Waals surface area contributed by atoms with Gasteiger partial charge in [-0.2, -0.15) is 0 Å². The molecule has 189 valence electrons. The molecule has 7 heteroatoms. The van der Waals surface area contributed by atoms with Gasteiger partial charge in [0.1, 0.15) is 11.5 Å². The van der Waals surface area contributed by atoms with E-state index in [1.165, 1.54) is 12.0 Å². The Balaban J connectivity index is 0.997. The minimum Gasteiger partial charge on any atom is -0.351 e. The number of hydrogen-bond acceptors (Lipinski definition) is 5. The molecule has 4 heterocycles. The van der Waals surface area contributed by atoms with Crippen LogP contribution in [0.4, 0.5) is 5.82 Å². The van der Waals surface area contributed by atoms with Crippen LogP contribution >= 0.6 is 0 Å². The number of nitrogens with one attached hydrogen (secondary N) is 1. The van der Waals surface area contributed by atoms with Crippen LogP contribution in [-0.2, 0) is 5.41 Å². The molecule has 4 fully saturated rings. The number of likely N-dealkylation sites (N-methyl/N-ethyl adjacent to an activating group) is 1. The minimum absolute atomic E-state index is 0.0773. The number of pyridine rings is 1. The molecule has 4 aliphatic rings. The largest absolute Gasteiger partial charge is 0.351 e. The number of rotatable bonds is 5. The van der Waals surface area contributed by atoms with Gasteiger partial charge in [-0.1, -0.05) is 32.9 Å². The van der Waals surface area contributed by atoms with E-state index in [0.29, 0.717) is 42.1 Å².